The van der Waals surface area contributed by atoms with Crippen LogP contribution in [0.2, 0.25) is 0 Å². The first-order chi connectivity index (χ1) is 26.8. The zero-order valence-corrected chi connectivity index (χ0v) is 36.4. The summed E-state index contributed by atoms with van der Waals surface area (Å²) in [5.41, 5.74) is 16.8. The number of allylic oxidation sites excluding steroid dienone is 4. The molecule has 3 aromatic rings. The number of hydrogen-bond donors (Lipinski definition) is 2. The van der Waals surface area contributed by atoms with Crippen molar-refractivity contribution in [2.75, 3.05) is 11.5 Å². The zero-order valence-electron chi connectivity index (χ0n) is 34.8. The van der Waals surface area contributed by atoms with Crippen molar-refractivity contribution in [1.82, 2.24) is 19.9 Å². The van der Waals surface area contributed by atoms with E-state index in [0.29, 0.717) is 12.8 Å². The minimum atomic E-state index is -0.256. The molecule has 0 amide bonds. The minimum Gasteiger partial charge on any atom is -0.459 e. The smallest absolute Gasteiger partial charge is 0.303 e. The van der Waals surface area contributed by atoms with E-state index < -0.39 is 0 Å². The van der Waals surface area contributed by atoms with E-state index in [-0.39, 0.29) is 40.6 Å². The van der Waals surface area contributed by atoms with Crippen LogP contribution in [0.4, 0.5) is 0 Å². The number of H-pyrrole nitrogens is 2. The number of fused-ring (bicyclic) bond motifs is 8. The second-order valence-electron chi connectivity index (χ2n) is 15.5. The van der Waals surface area contributed by atoms with Gasteiger partial charge in [-0.15, -0.1) is 11.8 Å². The molecule has 1 fully saturated rings. The standard InChI is InChI=1S/C46H58N4O4S2/c1-12-32-28(8)38-23-41-33(13-2)27(7)37(48-41)22-39-29(9)34(44(50-39)30(10)36-20-24(4)35(47-36)21-40(32)49-38)16-17-43(52)55-18-15-19-56-46-26(6)25(5)45(53-31(11)51)42(14-3)54-46/h13,20-23,25-26,42,45-48H,2,12,14-19H2,1,3-11H3/t25-,26-,42-,45+,46+/m1/s1. The highest BCUT2D eigenvalue weighted by Crippen LogP contribution is 2.40. The average molecular weight is 795 g/mol. The monoisotopic (exact) mass is 794 g/mol. The van der Waals surface area contributed by atoms with Gasteiger partial charge in [0.1, 0.15) is 11.5 Å². The molecule has 0 spiro atoms. The quantitative estimate of drug-likeness (QED) is 0.138. The van der Waals surface area contributed by atoms with Gasteiger partial charge in [0.05, 0.1) is 28.9 Å². The number of aromatic nitrogens is 4. The van der Waals surface area contributed by atoms with Crippen molar-refractivity contribution in [2.24, 2.45) is 11.8 Å². The second kappa shape index (κ2) is 17.7. The van der Waals surface area contributed by atoms with Crippen LogP contribution in [0.3, 0.4) is 0 Å². The van der Waals surface area contributed by atoms with Gasteiger partial charge < -0.3 is 19.4 Å². The van der Waals surface area contributed by atoms with Gasteiger partial charge >= 0.3 is 5.97 Å². The third-order valence-corrected chi connectivity index (χ3v) is 14.3. The van der Waals surface area contributed by atoms with Gasteiger partial charge in [-0.2, -0.15) is 0 Å². The van der Waals surface area contributed by atoms with E-state index in [1.807, 2.05) is 17.8 Å². The van der Waals surface area contributed by atoms with Gasteiger partial charge in [-0.1, -0.05) is 52.1 Å². The molecule has 6 heterocycles. The maximum Gasteiger partial charge on any atom is 0.303 e. The lowest BCUT2D eigenvalue weighted by Gasteiger charge is -2.43. The van der Waals surface area contributed by atoms with Crippen LogP contribution < -0.4 is 0 Å². The van der Waals surface area contributed by atoms with Crippen LogP contribution in [0.1, 0.15) is 126 Å². The number of thioether (sulfide) groups is 2. The summed E-state index contributed by atoms with van der Waals surface area (Å²) in [6, 6.07) is 8.65. The van der Waals surface area contributed by atoms with Gasteiger partial charge in [-0.25, -0.2) is 9.97 Å². The molecule has 0 aliphatic carbocycles. The van der Waals surface area contributed by atoms with Crippen molar-refractivity contribution in [1.29, 1.82) is 0 Å². The molecule has 5 atom stereocenters. The third-order valence-electron chi connectivity index (χ3n) is 11.9. The fourth-order valence-corrected chi connectivity index (χ4v) is 10.5. The number of nitrogens with one attached hydrogen (secondary N) is 2. The topological polar surface area (TPSA) is 110 Å². The second-order valence-corrected chi connectivity index (χ2v) is 17.9. The predicted octanol–water partition coefficient (Wildman–Crippen LogP) is 11.7. The van der Waals surface area contributed by atoms with Crippen LogP contribution >= 0.6 is 23.5 Å². The summed E-state index contributed by atoms with van der Waals surface area (Å²) >= 11 is 3.24. The first-order valence-corrected chi connectivity index (χ1v) is 22.1. The molecular formula is C46H58N4O4S2. The Bertz CT molecular complexity index is 2260. The number of aromatic amines is 2. The summed E-state index contributed by atoms with van der Waals surface area (Å²) < 4.78 is 12.1. The Morgan fingerprint density at radius 2 is 1.52 bits per heavy atom. The van der Waals surface area contributed by atoms with Gasteiger partial charge in [0.2, 0.25) is 0 Å². The van der Waals surface area contributed by atoms with E-state index in [1.54, 1.807) is 0 Å². The van der Waals surface area contributed by atoms with Crippen molar-refractivity contribution in [3.8, 4) is 0 Å². The molecule has 56 heavy (non-hydrogen) atoms. The van der Waals surface area contributed by atoms with Crippen molar-refractivity contribution in [2.45, 2.75) is 119 Å². The molecule has 298 valence electrons. The average Bonchev–Trinajstić information content (AvgIpc) is 3.87. The summed E-state index contributed by atoms with van der Waals surface area (Å²) in [5.74, 6) is 1.89. The zero-order chi connectivity index (χ0) is 40.4. The highest BCUT2D eigenvalue weighted by Gasteiger charge is 2.42. The molecule has 3 aliphatic heterocycles. The normalized spacial score (nSPS) is 21.1. The number of carbonyl (C=O) groups excluding carboxylic acids is 2. The van der Waals surface area contributed by atoms with Crippen LogP contribution in [0.5, 0.6) is 0 Å². The maximum atomic E-state index is 13.4. The Morgan fingerprint density at radius 3 is 2.21 bits per heavy atom. The number of rotatable bonds is 12. The fraction of sp³-hybridized carbons (Fsp3) is 0.478. The van der Waals surface area contributed by atoms with E-state index >= 15 is 0 Å². The van der Waals surface area contributed by atoms with Gasteiger partial charge in [-0.05, 0) is 135 Å². The molecule has 8 nitrogen and oxygen atoms in total. The van der Waals surface area contributed by atoms with Gasteiger partial charge in [0.15, 0.2) is 5.12 Å². The van der Waals surface area contributed by atoms with Crippen LogP contribution in [0.15, 0.2) is 30.8 Å². The van der Waals surface area contributed by atoms with E-state index in [1.165, 1.54) is 29.8 Å². The number of hydrogen-bond acceptors (Lipinski definition) is 8. The van der Waals surface area contributed by atoms with Crippen molar-refractivity contribution in [3.63, 3.8) is 0 Å². The fourth-order valence-electron chi connectivity index (χ4n) is 8.23. The SMILES string of the molecule is C=Cc1c(C)c2cc3nc(c(C)c4cc(C)c(cc5nc(cc1[nH]2)C(C)=C5CC)[nH]4)C(CCC(=O)SCCCS[C@@H]1O[C@H](CC)[C@@H](OC(C)=O)[C@H](C)[C@H]1C)=C3C. The Labute approximate surface area is 340 Å². The molecule has 0 unspecified atom stereocenters. The molecule has 0 radical (unpaired) electrons. The minimum absolute atomic E-state index is 0.0457. The van der Waals surface area contributed by atoms with Crippen LogP contribution in [-0.2, 0) is 19.1 Å². The first kappa shape index (κ1) is 41.8. The van der Waals surface area contributed by atoms with Crippen LogP contribution in [0, 0.1) is 32.6 Å². The van der Waals surface area contributed by atoms with E-state index in [2.05, 4.69) is 103 Å². The molecule has 8 bridgehead atoms. The number of nitrogens with zero attached hydrogens (tertiary/aromatic N) is 2. The van der Waals surface area contributed by atoms with Crippen molar-refractivity contribution in [3.05, 3.63) is 75.9 Å². The number of carbonyl (C=O) groups is 2. The summed E-state index contributed by atoms with van der Waals surface area (Å²) in [6.07, 6.45) is 5.26. The number of esters is 1. The van der Waals surface area contributed by atoms with Crippen molar-refractivity contribution >= 4 is 85.0 Å². The molecule has 3 aromatic heterocycles. The van der Waals surface area contributed by atoms with E-state index in [0.717, 1.165) is 109 Å². The Balaban J connectivity index is 1.22. The highest BCUT2D eigenvalue weighted by atomic mass is 32.2. The van der Waals surface area contributed by atoms with Gasteiger partial charge in [-0.3, -0.25) is 9.59 Å². The van der Waals surface area contributed by atoms with Gasteiger partial charge in [0.25, 0.3) is 0 Å². The molecule has 6 rings (SSSR count). The highest BCUT2D eigenvalue weighted by molar-refractivity contribution is 8.13. The number of aryl methyl sites for hydroxylation is 3. The Morgan fingerprint density at radius 1 is 0.857 bits per heavy atom. The molecule has 0 aromatic carbocycles. The van der Waals surface area contributed by atoms with Crippen molar-refractivity contribution < 1.29 is 19.1 Å². The summed E-state index contributed by atoms with van der Waals surface area (Å²) in [5, 5.41) is 0.196. The molecule has 0 saturated carbocycles. The summed E-state index contributed by atoms with van der Waals surface area (Å²) in [6.45, 7) is 24.9. The lowest BCUT2D eigenvalue weighted by atomic mass is 9.84. The molecule has 2 N–H and O–H groups in total. The molecule has 10 heteroatoms. The Kier molecular flexibility index (Phi) is 13.2. The Hall–Kier alpha value is -3.86. The third kappa shape index (κ3) is 8.53. The van der Waals surface area contributed by atoms with E-state index in [9.17, 15) is 9.59 Å². The molecule has 3 aliphatic rings. The largest absolute Gasteiger partial charge is 0.459 e. The van der Waals surface area contributed by atoms with E-state index in [4.69, 9.17) is 19.4 Å². The maximum absolute atomic E-state index is 13.4. The lowest BCUT2D eigenvalue weighted by Crippen LogP contribution is -2.49. The molecular weight excluding hydrogens is 737 g/mol. The van der Waals surface area contributed by atoms with Gasteiger partial charge in [0, 0.05) is 52.6 Å². The number of ether oxygens (including phenoxy) is 2. The summed E-state index contributed by atoms with van der Waals surface area (Å²) in [4.78, 5) is 42.8. The first-order valence-electron chi connectivity index (χ1n) is 20.1. The summed E-state index contributed by atoms with van der Waals surface area (Å²) in [7, 11) is 0. The predicted molar refractivity (Wildman–Crippen MR) is 237 cm³/mol. The lowest BCUT2D eigenvalue weighted by molar-refractivity contribution is -0.181. The molecule has 1 saturated heterocycles. The van der Waals surface area contributed by atoms with Crippen LogP contribution in [-0.4, -0.2) is 60.2 Å². The van der Waals surface area contributed by atoms with Crippen LogP contribution in [0.25, 0.3) is 50.4 Å².